The molecule has 0 bridgehead atoms. The molecule has 1 heterocycles. The van der Waals surface area contributed by atoms with Gasteiger partial charge in [0.05, 0.1) is 25.2 Å². The Hall–Kier alpha value is -2.37. The Kier molecular flexibility index (Phi) is 7.82. The summed E-state index contributed by atoms with van der Waals surface area (Å²) in [6.07, 6.45) is 6.21. The highest BCUT2D eigenvalue weighted by molar-refractivity contribution is 5.99. The maximum Gasteiger partial charge on any atom is 0.235 e. The van der Waals surface area contributed by atoms with E-state index in [1.807, 2.05) is 24.3 Å². The van der Waals surface area contributed by atoms with E-state index < -0.39 is 5.41 Å². The van der Waals surface area contributed by atoms with Gasteiger partial charge in [0.1, 0.15) is 5.75 Å². The van der Waals surface area contributed by atoms with Gasteiger partial charge in [0.15, 0.2) is 0 Å². The predicted molar refractivity (Wildman–Crippen MR) is 128 cm³/mol. The second-order valence-corrected chi connectivity index (χ2v) is 9.15. The van der Waals surface area contributed by atoms with Gasteiger partial charge in [-0.05, 0) is 56.0 Å². The fraction of sp³-hybridized carbons (Fsp3) is 0.519. The maximum absolute atomic E-state index is 13.5. The van der Waals surface area contributed by atoms with E-state index in [-0.39, 0.29) is 5.91 Å². The minimum absolute atomic E-state index is 0.113. The van der Waals surface area contributed by atoms with Crippen molar-refractivity contribution in [2.75, 3.05) is 44.8 Å². The number of nitrogens with zero attached hydrogens (tertiary/aromatic N) is 1. The van der Waals surface area contributed by atoms with Gasteiger partial charge in [0.2, 0.25) is 5.91 Å². The van der Waals surface area contributed by atoms with Crippen molar-refractivity contribution in [3.8, 4) is 5.75 Å². The largest absolute Gasteiger partial charge is 0.494 e. The van der Waals surface area contributed by atoms with Crippen molar-refractivity contribution in [2.24, 2.45) is 0 Å². The Morgan fingerprint density at radius 1 is 1.06 bits per heavy atom. The van der Waals surface area contributed by atoms with E-state index in [4.69, 9.17) is 9.47 Å². The van der Waals surface area contributed by atoms with Gasteiger partial charge in [-0.15, -0.1) is 0 Å². The number of amides is 1. The summed E-state index contributed by atoms with van der Waals surface area (Å²) in [5.41, 5.74) is 2.75. The lowest BCUT2D eigenvalue weighted by atomic mass is 9.68. The van der Waals surface area contributed by atoms with Crippen molar-refractivity contribution in [2.45, 2.75) is 50.9 Å². The second-order valence-electron chi connectivity index (χ2n) is 9.15. The maximum atomic E-state index is 13.5. The highest BCUT2D eigenvalue weighted by Gasteiger charge is 2.41. The average molecular weight is 437 g/mol. The molecule has 1 amide bonds. The van der Waals surface area contributed by atoms with Gasteiger partial charge in [-0.3, -0.25) is 9.69 Å². The lowest BCUT2D eigenvalue weighted by Crippen LogP contribution is -2.42. The van der Waals surface area contributed by atoms with Crippen LogP contribution in [-0.2, 0) is 14.9 Å². The first-order valence-corrected chi connectivity index (χ1v) is 12.1. The van der Waals surface area contributed by atoms with Crippen molar-refractivity contribution < 1.29 is 14.3 Å². The first kappa shape index (κ1) is 22.8. The van der Waals surface area contributed by atoms with Gasteiger partial charge in [-0.2, -0.15) is 0 Å². The molecule has 0 atom stereocenters. The smallest absolute Gasteiger partial charge is 0.235 e. The lowest BCUT2D eigenvalue weighted by Gasteiger charge is -2.36. The zero-order chi connectivity index (χ0) is 22.2. The first-order valence-electron chi connectivity index (χ1n) is 12.1. The SMILES string of the molecule is Cc1cccc(C2(C(=O)Nc3ccc(OCCCN4CCOCC4)cc3)CCCCC2)c1. The third-order valence-corrected chi connectivity index (χ3v) is 6.82. The van der Waals surface area contributed by atoms with Crippen LogP contribution < -0.4 is 10.1 Å². The van der Waals surface area contributed by atoms with Crippen molar-refractivity contribution in [3.05, 3.63) is 59.7 Å². The monoisotopic (exact) mass is 436 g/mol. The number of carbonyl (C=O) groups excluding carboxylic acids is 1. The van der Waals surface area contributed by atoms with E-state index in [1.54, 1.807) is 0 Å². The molecule has 0 unspecified atom stereocenters. The van der Waals surface area contributed by atoms with E-state index in [0.717, 1.165) is 82.0 Å². The van der Waals surface area contributed by atoms with Crippen LogP contribution in [0.15, 0.2) is 48.5 Å². The zero-order valence-corrected chi connectivity index (χ0v) is 19.3. The number of ether oxygens (including phenoxy) is 2. The molecule has 172 valence electrons. The molecule has 4 rings (SSSR count). The van der Waals surface area contributed by atoms with E-state index in [1.165, 1.54) is 12.0 Å². The third kappa shape index (κ3) is 5.70. The molecule has 0 aromatic heterocycles. The Morgan fingerprint density at radius 3 is 2.53 bits per heavy atom. The number of aryl methyl sites for hydroxylation is 1. The summed E-state index contributed by atoms with van der Waals surface area (Å²) in [5, 5.41) is 3.19. The fourth-order valence-electron chi connectivity index (χ4n) is 4.93. The molecule has 0 spiro atoms. The Balaban J connectivity index is 1.33. The number of carbonyl (C=O) groups is 1. The summed E-state index contributed by atoms with van der Waals surface area (Å²) < 4.78 is 11.3. The molecule has 1 N–H and O–H groups in total. The molecule has 1 saturated heterocycles. The molecule has 32 heavy (non-hydrogen) atoms. The quantitative estimate of drug-likeness (QED) is 0.596. The number of hydrogen-bond donors (Lipinski definition) is 1. The molecular weight excluding hydrogens is 400 g/mol. The Labute approximate surface area is 192 Å². The molecule has 1 aliphatic heterocycles. The molecule has 1 saturated carbocycles. The average Bonchev–Trinajstić information content (AvgIpc) is 2.84. The molecule has 2 aromatic rings. The normalized spacial score (nSPS) is 18.8. The van der Waals surface area contributed by atoms with Crippen LogP contribution in [0.5, 0.6) is 5.75 Å². The van der Waals surface area contributed by atoms with Gasteiger partial charge in [0, 0.05) is 25.3 Å². The van der Waals surface area contributed by atoms with Crippen molar-refractivity contribution in [1.82, 2.24) is 4.90 Å². The van der Waals surface area contributed by atoms with Gasteiger partial charge >= 0.3 is 0 Å². The lowest BCUT2D eigenvalue weighted by molar-refractivity contribution is -0.122. The Morgan fingerprint density at radius 2 is 1.81 bits per heavy atom. The third-order valence-electron chi connectivity index (χ3n) is 6.82. The summed E-state index contributed by atoms with van der Waals surface area (Å²) in [7, 11) is 0. The Bertz CT molecular complexity index is 869. The summed E-state index contributed by atoms with van der Waals surface area (Å²) in [5.74, 6) is 0.956. The first-order chi connectivity index (χ1) is 15.7. The number of rotatable bonds is 8. The molecule has 1 aliphatic carbocycles. The molecule has 0 radical (unpaired) electrons. The van der Waals surface area contributed by atoms with Crippen LogP contribution in [0.3, 0.4) is 0 Å². The number of morpholine rings is 1. The molecule has 2 fully saturated rings. The van der Waals surface area contributed by atoms with Gasteiger partial charge < -0.3 is 14.8 Å². The molecule has 5 nitrogen and oxygen atoms in total. The minimum atomic E-state index is -0.432. The standard InChI is InChI=1S/C27H36N2O3/c1-22-7-5-8-23(21-22)27(13-3-2-4-14-27)26(30)28-24-9-11-25(12-10-24)32-18-6-15-29-16-19-31-20-17-29/h5,7-12,21H,2-4,6,13-20H2,1H3,(H,28,30). The molecular formula is C27H36N2O3. The summed E-state index contributed by atoms with van der Waals surface area (Å²) in [6.45, 7) is 7.52. The number of anilines is 1. The number of nitrogens with one attached hydrogen (secondary N) is 1. The summed E-state index contributed by atoms with van der Waals surface area (Å²) in [6, 6.07) is 16.3. The van der Waals surface area contributed by atoms with Gasteiger partial charge in [-0.25, -0.2) is 0 Å². The number of benzene rings is 2. The molecule has 2 aliphatic rings. The summed E-state index contributed by atoms with van der Waals surface area (Å²) >= 11 is 0. The predicted octanol–water partition coefficient (Wildman–Crippen LogP) is 4.94. The van der Waals surface area contributed by atoms with E-state index in [2.05, 4.69) is 41.4 Å². The van der Waals surface area contributed by atoms with Crippen LogP contribution in [0.1, 0.15) is 49.7 Å². The zero-order valence-electron chi connectivity index (χ0n) is 19.3. The van der Waals surface area contributed by atoms with Crippen LogP contribution in [0.4, 0.5) is 5.69 Å². The van der Waals surface area contributed by atoms with E-state index >= 15 is 0 Å². The highest BCUT2D eigenvalue weighted by atomic mass is 16.5. The van der Waals surface area contributed by atoms with Crippen LogP contribution in [0.2, 0.25) is 0 Å². The number of hydrogen-bond acceptors (Lipinski definition) is 4. The van der Waals surface area contributed by atoms with Crippen molar-refractivity contribution in [3.63, 3.8) is 0 Å². The fourth-order valence-corrected chi connectivity index (χ4v) is 4.93. The van der Waals surface area contributed by atoms with Crippen molar-refractivity contribution in [1.29, 1.82) is 0 Å². The molecule has 5 heteroatoms. The summed E-state index contributed by atoms with van der Waals surface area (Å²) in [4.78, 5) is 15.9. The van der Waals surface area contributed by atoms with Crippen LogP contribution in [-0.4, -0.2) is 50.3 Å². The van der Waals surface area contributed by atoms with E-state index in [9.17, 15) is 4.79 Å². The topological polar surface area (TPSA) is 50.8 Å². The van der Waals surface area contributed by atoms with Gasteiger partial charge in [0.25, 0.3) is 0 Å². The van der Waals surface area contributed by atoms with Crippen LogP contribution in [0, 0.1) is 6.92 Å². The van der Waals surface area contributed by atoms with Crippen molar-refractivity contribution >= 4 is 11.6 Å². The molecule has 2 aromatic carbocycles. The van der Waals surface area contributed by atoms with E-state index in [0.29, 0.717) is 6.61 Å². The van der Waals surface area contributed by atoms with Crippen LogP contribution >= 0.6 is 0 Å². The minimum Gasteiger partial charge on any atom is -0.494 e. The van der Waals surface area contributed by atoms with Crippen LogP contribution in [0.25, 0.3) is 0 Å². The second kappa shape index (κ2) is 11.0. The highest BCUT2D eigenvalue weighted by Crippen LogP contribution is 2.40. The van der Waals surface area contributed by atoms with Gasteiger partial charge in [-0.1, -0.05) is 49.1 Å².